The quantitative estimate of drug-likeness (QED) is 0.769. The van der Waals surface area contributed by atoms with E-state index in [2.05, 4.69) is 6.92 Å². The monoisotopic (exact) mass is 265 g/mol. The number of carbonyl (C=O) groups is 1. The third-order valence-corrected chi connectivity index (χ3v) is 3.05. The van der Waals surface area contributed by atoms with Crippen LogP contribution in [-0.2, 0) is 6.42 Å². The first-order valence-electron chi connectivity index (χ1n) is 6.72. The summed E-state index contributed by atoms with van der Waals surface area (Å²) in [5.74, 6) is -0.416. The van der Waals surface area contributed by atoms with Crippen LogP contribution in [0.4, 0.5) is 5.69 Å². The number of carboxylic acid groups (broad SMARTS) is 1. The molecule has 0 aliphatic heterocycles. The molecular formula is C15H23NO3. The zero-order valence-corrected chi connectivity index (χ0v) is 12.2. The number of aromatic carboxylic acids is 1. The normalized spacial score (nSPS) is 10.3. The van der Waals surface area contributed by atoms with E-state index in [4.69, 9.17) is 4.74 Å². The molecule has 1 aromatic carbocycles. The summed E-state index contributed by atoms with van der Waals surface area (Å²) in [6, 6.07) is 3.47. The van der Waals surface area contributed by atoms with Crippen LogP contribution in [-0.4, -0.2) is 31.8 Å². The van der Waals surface area contributed by atoms with E-state index in [1.54, 1.807) is 6.07 Å². The van der Waals surface area contributed by atoms with Crippen LogP contribution in [0.1, 0.15) is 42.6 Å². The second-order valence-electron chi connectivity index (χ2n) is 4.70. The Morgan fingerprint density at radius 2 is 2.00 bits per heavy atom. The van der Waals surface area contributed by atoms with E-state index in [0.717, 1.165) is 30.5 Å². The van der Waals surface area contributed by atoms with Crippen LogP contribution >= 0.6 is 0 Å². The third-order valence-electron chi connectivity index (χ3n) is 3.05. The molecule has 0 radical (unpaired) electrons. The molecule has 0 heterocycles. The van der Waals surface area contributed by atoms with Gasteiger partial charge >= 0.3 is 5.97 Å². The number of unbranched alkanes of at least 4 members (excludes halogenated alkanes) is 1. The van der Waals surface area contributed by atoms with E-state index in [0.29, 0.717) is 12.4 Å². The first-order chi connectivity index (χ1) is 9.02. The highest BCUT2D eigenvalue weighted by molar-refractivity contribution is 5.92. The highest BCUT2D eigenvalue weighted by Crippen LogP contribution is 2.33. The maximum atomic E-state index is 11.3. The molecule has 0 atom stereocenters. The van der Waals surface area contributed by atoms with Crippen molar-refractivity contribution in [2.75, 3.05) is 25.6 Å². The molecule has 0 aromatic heterocycles. The molecule has 0 saturated heterocycles. The molecule has 1 N–H and O–H groups in total. The topological polar surface area (TPSA) is 49.8 Å². The van der Waals surface area contributed by atoms with Crippen LogP contribution in [0.5, 0.6) is 5.75 Å². The molecule has 106 valence electrons. The van der Waals surface area contributed by atoms with Crippen LogP contribution in [0.25, 0.3) is 0 Å². The fourth-order valence-electron chi connectivity index (χ4n) is 2.03. The summed E-state index contributed by atoms with van der Waals surface area (Å²) in [5, 5.41) is 9.28. The van der Waals surface area contributed by atoms with Gasteiger partial charge in [-0.05, 0) is 25.0 Å². The van der Waals surface area contributed by atoms with Crippen molar-refractivity contribution < 1.29 is 14.6 Å². The van der Waals surface area contributed by atoms with Crippen molar-refractivity contribution in [1.29, 1.82) is 0 Å². The van der Waals surface area contributed by atoms with Gasteiger partial charge in [-0.2, -0.15) is 0 Å². The maximum absolute atomic E-state index is 11.3. The van der Waals surface area contributed by atoms with E-state index < -0.39 is 5.97 Å². The Kier molecular flexibility index (Phi) is 5.67. The Bertz CT molecular complexity index is 441. The fraction of sp³-hybridized carbons (Fsp3) is 0.533. The van der Waals surface area contributed by atoms with Gasteiger partial charge in [-0.3, -0.25) is 0 Å². The summed E-state index contributed by atoms with van der Waals surface area (Å²) in [7, 11) is 3.90. The lowest BCUT2D eigenvalue weighted by molar-refractivity contribution is 0.0692. The molecular weight excluding hydrogens is 242 g/mol. The first-order valence-corrected chi connectivity index (χ1v) is 6.72. The molecule has 4 nitrogen and oxygen atoms in total. The van der Waals surface area contributed by atoms with Gasteiger partial charge in [0, 0.05) is 25.3 Å². The summed E-state index contributed by atoms with van der Waals surface area (Å²) < 4.78 is 5.74. The molecule has 0 fully saturated rings. The molecule has 0 saturated carbocycles. The summed E-state index contributed by atoms with van der Waals surface area (Å²) in [6.07, 6.45) is 2.70. The lowest BCUT2D eigenvalue weighted by Crippen LogP contribution is -2.14. The predicted molar refractivity (Wildman–Crippen MR) is 77.5 cm³/mol. The molecule has 0 amide bonds. The molecule has 4 heteroatoms. The lowest BCUT2D eigenvalue weighted by Gasteiger charge is -2.21. The number of rotatable bonds is 7. The van der Waals surface area contributed by atoms with Crippen molar-refractivity contribution in [3.63, 3.8) is 0 Å². The molecule has 0 spiro atoms. The average Bonchev–Trinajstić information content (AvgIpc) is 2.37. The molecule has 19 heavy (non-hydrogen) atoms. The van der Waals surface area contributed by atoms with Crippen LogP contribution in [0.15, 0.2) is 12.1 Å². The Morgan fingerprint density at radius 1 is 1.32 bits per heavy atom. The van der Waals surface area contributed by atoms with Gasteiger partial charge in [0.1, 0.15) is 11.3 Å². The van der Waals surface area contributed by atoms with Crippen molar-refractivity contribution in [3.8, 4) is 5.75 Å². The SMILES string of the molecule is CCCCOc1c(C(=O)O)ccc(N(C)C)c1CC. The largest absolute Gasteiger partial charge is 0.492 e. The molecule has 0 aliphatic carbocycles. The second-order valence-corrected chi connectivity index (χ2v) is 4.70. The Balaban J connectivity index is 3.24. The number of nitrogens with zero attached hydrogens (tertiary/aromatic N) is 1. The van der Waals surface area contributed by atoms with Crippen molar-refractivity contribution in [2.24, 2.45) is 0 Å². The fourth-order valence-corrected chi connectivity index (χ4v) is 2.03. The standard InChI is InChI=1S/C15H23NO3/c1-5-7-10-19-14-11(6-2)13(16(3)4)9-8-12(14)15(17)18/h8-9H,5-7,10H2,1-4H3,(H,17,18). The van der Waals surface area contributed by atoms with E-state index >= 15 is 0 Å². The number of hydrogen-bond donors (Lipinski definition) is 1. The second kappa shape index (κ2) is 7.02. The van der Waals surface area contributed by atoms with Crippen LogP contribution in [0.3, 0.4) is 0 Å². The number of anilines is 1. The van der Waals surface area contributed by atoms with E-state index in [1.165, 1.54) is 0 Å². The van der Waals surface area contributed by atoms with Gasteiger partial charge in [0.15, 0.2) is 0 Å². The number of hydrogen-bond acceptors (Lipinski definition) is 3. The van der Waals surface area contributed by atoms with Crippen LogP contribution in [0, 0.1) is 0 Å². The predicted octanol–water partition coefficient (Wildman–Crippen LogP) is 3.19. The molecule has 1 rings (SSSR count). The van der Waals surface area contributed by atoms with E-state index in [1.807, 2.05) is 32.0 Å². The van der Waals surface area contributed by atoms with Crippen molar-refractivity contribution in [3.05, 3.63) is 23.3 Å². The zero-order chi connectivity index (χ0) is 14.4. The van der Waals surface area contributed by atoms with Crippen LogP contribution in [0.2, 0.25) is 0 Å². The minimum absolute atomic E-state index is 0.249. The van der Waals surface area contributed by atoms with Crippen molar-refractivity contribution in [1.82, 2.24) is 0 Å². The van der Waals surface area contributed by atoms with Gasteiger partial charge in [-0.1, -0.05) is 20.3 Å². The van der Waals surface area contributed by atoms with Gasteiger partial charge < -0.3 is 14.7 Å². The van der Waals surface area contributed by atoms with Crippen LogP contribution < -0.4 is 9.64 Å². The molecule has 0 unspecified atom stereocenters. The van der Waals surface area contributed by atoms with E-state index in [-0.39, 0.29) is 5.56 Å². The lowest BCUT2D eigenvalue weighted by atomic mass is 10.0. The summed E-state index contributed by atoms with van der Waals surface area (Å²) >= 11 is 0. The van der Waals surface area contributed by atoms with Gasteiger partial charge in [0.2, 0.25) is 0 Å². The first kappa shape index (κ1) is 15.3. The van der Waals surface area contributed by atoms with Crippen molar-refractivity contribution in [2.45, 2.75) is 33.1 Å². The minimum Gasteiger partial charge on any atom is -0.492 e. The molecule has 1 aromatic rings. The maximum Gasteiger partial charge on any atom is 0.339 e. The zero-order valence-electron chi connectivity index (χ0n) is 12.2. The summed E-state index contributed by atoms with van der Waals surface area (Å²) in [5.41, 5.74) is 2.22. The highest BCUT2D eigenvalue weighted by Gasteiger charge is 2.18. The highest BCUT2D eigenvalue weighted by atomic mass is 16.5. The average molecular weight is 265 g/mol. The van der Waals surface area contributed by atoms with E-state index in [9.17, 15) is 9.90 Å². The number of ether oxygens (including phenoxy) is 1. The van der Waals surface area contributed by atoms with Gasteiger partial charge in [-0.25, -0.2) is 4.79 Å². The smallest absolute Gasteiger partial charge is 0.339 e. The third kappa shape index (κ3) is 3.63. The van der Waals surface area contributed by atoms with Gasteiger partial charge in [0.05, 0.1) is 6.61 Å². The Morgan fingerprint density at radius 3 is 2.47 bits per heavy atom. The summed E-state index contributed by atoms with van der Waals surface area (Å²) in [6.45, 7) is 4.65. The minimum atomic E-state index is -0.938. The number of benzene rings is 1. The summed E-state index contributed by atoms with van der Waals surface area (Å²) in [4.78, 5) is 13.3. The Hall–Kier alpha value is -1.71. The molecule has 0 aliphatic rings. The van der Waals surface area contributed by atoms with Crippen molar-refractivity contribution >= 4 is 11.7 Å². The Labute approximate surface area is 115 Å². The number of carboxylic acids is 1. The molecule has 0 bridgehead atoms. The van der Waals surface area contributed by atoms with Gasteiger partial charge in [-0.15, -0.1) is 0 Å². The van der Waals surface area contributed by atoms with Gasteiger partial charge in [0.25, 0.3) is 0 Å².